The van der Waals surface area contributed by atoms with Gasteiger partial charge in [-0.3, -0.25) is 0 Å². The molecule has 0 saturated carbocycles. The molecule has 0 N–H and O–H groups in total. The van der Waals surface area contributed by atoms with E-state index in [2.05, 4.69) is 11.8 Å². The lowest BCUT2D eigenvalue weighted by atomic mass is 10.2. The van der Waals surface area contributed by atoms with E-state index in [4.69, 9.17) is 0 Å². The summed E-state index contributed by atoms with van der Waals surface area (Å²) < 4.78 is 26.4. The van der Waals surface area contributed by atoms with Crippen molar-refractivity contribution in [2.24, 2.45) is 0 Å². The Morgan fingerprint density at radius 3 is 2.58 bits per heavy atom. The molecule has 0 fully saturated rings. The van der Waals surface area contributed by atoms with Crippen molar-refractivity contribution in [2.75, 3.05) is 13.1 Å². The molecule has 4 heteroatoms. The molecule has 3 nitrogen and oxygen atoms in total. The average molecular weight is 275 g/mol. The first-order valence-electron chi connectivity index (χ1n) is 6.28. The zero-order valence-electron chi connectivity index (χ0n) is 11.0. The third-order valence-electron chi connectivity index (χ3n) is 2.95. The molecular weight excluding hydrogens is 258 g/mol. The third kappa shape index (κ3) is 3.46. The number of rotatable bonds is 2. The second-order valence-corrected chi connectivity index (χ2v) is 6.41. The Hall–Kier alpha value is -1.57. The van der Waals surface area contributed by atoms with E-state index in [0.29, 0.717) is 11.4 Å². The Labute approximate surface area is 115 Å². The Morgan fingerprint density at radius 2 is 1.84 bits per heavy atom. The van der Waals surface area contributed by atoms with E-state index in [1.54, 1.807) is 12.1 Å². The van der Waals surface area contributed by atoms with Crippen molar-refractivity contribution in [1.29, 1.82) is 0 Å². The largest absolute Gasteiger partial charge is 0.244 e. The lowest BCUT2D eigenvalue weighted by Crippen LogP contribution is -2.31. The standard InChI is InChI=1S/C15H17NO2S/c1-14-8-10-15(11-9-14)19(17,18)16-12-6-4-2-3-5-7-13-16/h4,6,8-11H,2-3,12-13H2,1H3/b6-4-. The molecule has 0 aliphatic carbocycles. The minimum atomic E-state index is -3.45. The summed E-state index contributed by atoms with van der Waals surface area (Å²) in [5.74, 6) is 5.90. The SMILES string of the molecule is Cc1ccc(S(=O)(=O)N2CC#CCC/C=C\C2)cc1. The summed E-state index contributed by atoms with van der Waals surface area (Å²) in [6.07, 6.45) is 5.54. The van der Waals surface area contributed by atoms with Gasteiger partial charge in [0.15, 0.2) is 0 Å². The zero-order chi connectivity index (χ0) is 13.7. The predicted octanol–water partition coefficient (Wildman–Crippen LogP) is 2.34. The summed E-state index contributed by atoms with van der Waals surface area (Å²) in [6.45, 7) is 2.57. The topological polar surface area (TPSA) is 37.4 Å². The maximum atomic E-state index is 12.5. The maximum absolute atomic E-state index is 12.5. The molecule has 1 aliphatic heterocycles. The first kappa shape index (κ1) is 13.9. The lowest BCUT2D eigenvalue weighted by molar-refractivity contribution is 0.478. The molecular formula is C15H17NO2S. The van der Waals surface area contributed by atoms with Gasteiger partial charge in [0, 0.05) is 13.0 Å². The van der Waals surface area contributed by atoms with Crippen LogP contribution in [0.5, 0.6) is 0 Å². The number of benzene rings is 1. The van der Waals surface area contributed by atoms with Crippen LogP contribution in [0.25, 0.3) is 0 Å². The van der Waals surface area contributed by atoms with E-state index >= 15 is 0 Å². The Balaban J connectivity index is 2.30. The third-order valence-corrected chi connectivity index (χ3v) is 4.78. The van der Waals surface area contributed by atoms with Gasteiger partial charge in [0.1, 0.15) is 0 Å². The summed E-state index contributed by atoms with van der Waals surface area (Å²) >= 11 is 0. The average Bonchev–Trinajstić information content (AvgIpc) is 2.52. The van der Waals surface area contributed by atoms with Crippen LogP contribution in [0.3, 0.4) is 0 Å². The second-order valence-electron chi connectivity index (χ2n) is 4.47. The van der Waals surface area contributed by atoms with Gasteiger partial charge in [0.25, 0.3) is 0 Å². The predicted molar refractivity (Wildman–Crippen MR) is 76.1 cm³/mol. The van der Waals surface area contributed by atoms with Gasteiger partial charge in [0.2, 0.25) is 10.0 Å². The highest BCUT2D eigenvalue weighted by Gasteiger charge is 2.22. The van der Waals surface area contributed by atoms with Crippen molar-refractivity contribution in [3.63, 3.8) is 0 Å². The van der Waals surface area contributed by atoms with Crippen LogP contribution in [0.2, 0.25) is 0 Å². The fraction of sp³-hybridized carbons (Fsp3) is 0.333. The lowest BCUT2D eigenvalue weighted by Gasteiger charge is -2.18. The quantitative estimate of drug-likeness (QED) is 0.613. The highest BCUT2D eigenvalue weighted by atomic mass is 32.2. The van der Waals surface area contributed by atoms with Crippen LogP contribution in [-0.2, 0) is 10.0 Å². The monoisotopic (exact) mass is 275 g/mol. The molecule has 19 heavy (non-hydrogen) atoms. The Kier molecular flexibility index (Phi) is 4.41. The van der Waals surface area contributed by atoms with Gasteiger partial charge in [-0.2, -0.15) is 4.31 Å². The van der Waals surface area contributed by atoms with E-state index in [9.17, 15) is 8.42 Å². The number of aryl methyl sites for hydroxylation is 1. The molecule has 0 aromatic heterocycles. The van der Waals surface area contributed by atoms with E-state index in [1.807, 2.05) is 31.2 Å². The van der Waals surface area contributed by atoms with Gasteiger partial charge < -0.3 is 0 Å². The minimum Gasteiger partial charge on any atom is -0.207 e. The molecule has 1 heterocycles. The van der Waals surface area contributed by atoms with Crippen molar-refractivity contribution in [2.45, 2.75) is 24.7 Å². The number of hydrogen-bond acceptors (Lipinski definition) is 2. The van der Waals surface area contributed by atoms with Gasteiger partial charge >= 0.3 is 0 Å². The van der Waals surface area contributed by atoms with E-state index < -0.39 is 10.0 Å². The van der Waals surface area contributed by atoms with Crippen LogP contribution in [0.15, 0.2) is 41.3 Å². The van der Waals surface area contributed by atoms with Crippen LogP contribution < -0.4 is 0 Å². The molecule has 2 rings (SSSR count). The summed E-state index contributed by atoms with van der Waals surface area (Å²) in [4.78, 5) is 0.326. The molecule has 0 amide bonds. The molecule has 0 saturated heterocycles. The summed E-state index contributed by atoms with van der Waals surface area (Å²) in [6, 6.07) is 6.91. The van der Waals surface area contributed by atoms with Crippen LogP contribution in [-0.4, -0.2) is 25.8 Å². The van der Waals surface area contributed by atoms with Crippen molar-refractivity contribution < 1.29 is 8.42 Å². The van der Waals surface area contributed by atoms with Crippen LogP contribution in [0.1, 0.15) is 18.4 Å². The van der Waals surface area contributed by atoms with Crippen LogP contribution in [0.4, 0.5) is 0 Å². The van der Waals surface area contributed by atoms with Gasteiger partial charge in [-0.05, 0) is 25.5 Å². The fourth-order valence-corrected chi connectivity index (χ4v) is 3.10. The summed E-state index contributed by atoms with van der Waals surface area (Å²) in [7, 11) is -3.45. The summed E-state index contributed by atoms with van der Waals surface area (Å²) in [5, 5.41) is 0. The minimum absolute atomic E-state index is 0.251. The fourth-order valence-electron chi connectivity index (χ4n) is 1.80. The van der Waals surface area contributed by atoms with Crippen molar-refractivity contribution in [3.8, 4) is 11.8 Å². The van der Waals surface area contributed by atoms with E-state index in [0.717, 1.165) is 18.4 Å². The molecule has 100 valence electrons. The first-order valence-corrected chi connectivity index (χ1v) is 7.72. The second kappa shape index (κ2) is 6.05. The normalized spacial score (nSPS) is 18.6. The summed E-state index contributed by atoms with van der Waals surface area (Å²) in [5.41, 5.74) is 1.04. The Bertz CT molecular complexity index is 618. The van der Waals surface area contributed by atoms with E-state index in [1.165, 1.54) is 4.31 Å². The van der Waals surface area contributed by atoms with Crippen LogP contribution >= 0.6 is 0 Å². The van der Waals surface area contributed by atoms with Gasteiger partial charge in [0.05, 0.1) is 11.4 Å². The molecule has 1 aromatic carbocycles. The molecule has 0 atom stereocenters. The zero-order valence-corrected chi connectivity index (χ0v) is 11.8. The van der Waals surface area contributed by atoms with Crippen molar-refractivity contribution in [3.05, 3.63) is 42.0 Å². The Morgan fingerprint density at radius 1 is 1.11 bits per heavy atom. The molecule has 0 unspecified atom stereocenters. The number of sulfonamides is 1. The highest BCUT2D eigenvalue weighted by Crippen LogP contribution is 2.16. The van der Waals surface area contributed by atoms with E-state index in [-0.39, 0.29) is 6.54 Å². The molecule has 0 spiro atoms. The number of allylic oxidation sites excluding steroid dienone is 1. The highest BCUT2D eigenvalue weighted by molar-refractivity contribution is 7.89. The van der Waals surface area contributed by atoms with Gasteiger partial charge in [-0.1, -0.05) is 35.8 Å². The number of hydrogen-bond donors (Lipinski definition) is 0. The van der Waals surface area contributed by atoms with Gasteiger partial charge in [-0.15, -0.1) is 5.92 Å². The maximum Gasteiger partial charge on any atom is 0.244 e. The van der Waals surface area contributed by atoms with Crippen molar-refractivity contribution >= 4 is 10.0 Å². The molecule has 1 aromatic rings. The molecule has 0 bridgehead atoms. The number of nitrogens with zero attached hydrogens (tertiary/aromatic N) is 1. The van der Waals surface area contributed by atoms with Gasteiger partial charge in [-0.25, -0.2) is 8.42 Å². The molecule has 1 aliphatic rings. The smallest absolute Gasteiger partial charge is 0.207 e. The first-order chi connectivity index (χ1) is 9.10. The van der Waals surface area contributed by atoms with Crippen LogP contribution in [0, 0.1) is 18.8 Å². The van der Waals surface area contributed by atoms with Crippen molar-refractivity contribution in [1.82, 2.24) is 4.31 Å². The molecule has 0 radical (unpaired) electrons.